The Labute approximate surface area is 247 Å². The number of nitrogens with zero attached hydrogens (tertiary/aromatic N) is 3. The summed E-state index contributed by atoms with van der Waals surface area (Å²) in [4.78, 5) is 33.6. The number of aliphatic carboxylic acids is 1. The lowest BCUT2D eigenvalue weighted by Crippen LogP contribution is -2.50. The summed E-state index contributed by atoms with van der Waals surface area (Å²) in [6.45, 7) is 2.07. The molecule has 0 spiro atoms. The summed E-state index contributed by atoms with van der Waals surface area (Å²) in [5.41, 5.74) is 0.818. The van der Waals surface area contributed by atoms with Gasteiger partial charge in [0.05, 0.1) is 27.8 Å². The first-order chi connectivity index (χ1) is 19.5. The molecule has 3 aliphatic rings. The number of thiazole rings is 1. The van der Waals surface area contributed by atoms with Crippen molar-refractivity contribution in [3.8, 4) is 0 Å². The summed E-state index contributed by atoms with van der Waals surface area (Å²) in [6.07, 6.45) is 2.49. The number of carboxylic acid groups (broad SMARTS) is 1. The smallest absolute Gasteiger partial charge is 0.338 e. The summed E-state index contributed by atoms with van der Waals surface area (Å²) >= 11 is 4.44. The van der Waals surface area contributed by atoms with Crippen LogP contribution in [0, 0.1) is 23.5 Å². The van der Waals surface area contributed by atoms with Crippen molar-refractivity contribution in [3.05, 3.63) is 61.7 Å². The number of rotatable bonds is 8. The van der Waals surface area contributed by atoms with Gasteiger partial charge in [0.25, 0.3) is 0 Å². The third-order valence-electron chi connectivity index (χ3n) is 7.65. The Bertz CT molecular complexity index is 1520. The average Bonchev–Trinajstić information content (AvgIpc) is 3.45. The number of aromatic nitrogens is 1. The van der Waals surface area contributed by atoms with Crippen molar-refractivity contribution >= 4 is 55.1 Å². The zero-order valence-corrected chi connectivity index (χ0v) is 25.1. The van der Waals surface area contributed by atoms with E-state index in [1.54, 1.807) is 18.5 Å². The number of carbonyl (C=O) groups is 2. The second kappa shape index (κ2) is 11.9. The van der Waals surface area contributed by atoms with E-state index in [4.69, 9.17) is 14.8 Å². The number of aliphatic imine (C=N–C) groups is 1. The fourth-order valence-electron chi connectivity index (χ4n) is 5.37. The normalized spacial score (nSPS) is 23.9. The van der Waals surface area contributed by atoms with Gasteiger partial charge in [-0.2, -0.15) is 0 Å². The van der Waals surface area contributed by atoms with E-state index in [-0.39, 0.29) is 54.1 Å². The van der Waals surface area contributed by atoms with Gasteiger partial charge in [0.2, 0.25) is 10.0 Å². The highest BCUT2D eigenvalue weighted by molar-refractivity contribution is 9.10. The second-order valence-electron chi connectivity index (χ2n) is 10.0. The van der Waals surface area contributed by atoms with Crippen LogP contribution in [0.1, 0.15) is 49.2 Å². The first-order valence-electron chi connectivity index (χ1n) is 13.0. The SMILES string of the molecule is CCOC(=O)C1=C(C2CCN(S(=O)(=O)C3CC(C(=O)O)C3)CC2)NC(c2nccs2)=N[C@H]1c1ccc(F)c(F)c1Br. The summed E-state index contributed by atoms with van der Waals surface area (Å²) in [7, 11) is -3.67. The molecule has 2 aromatic rings. The summed E-state index contributed by atoms with van der Waals surface area (Å²) in [5.74, 6) is -4.46. The van der Waals surface area contributed by atoms with Crippen molar-refractivity contribution < 1.29 is 36.6 Å². The monoisotopic (exact) mass is 672 g/mol. The number of carboxylic acids is 1. The van der Waals surface area contributed by atoms with Gasteiger partial charge in [-0.05, 0) is 60.2 Å². The highest BCUT2D eigenvalue weighted by atomic mass is 79.9. The minimum atomic E-state index is -3.67. The zero-order valence-electron chi connectivity index (χ0n) is 21.8. The van der Waals surface area contributed by atoms with Crippen LogP contribution in [0.25, 0.3) is 0 Å². The summed E-state index contributed by atoms with van der Waals surface area (Å²) in [6, 6.07) is 1.27. The van der Waals surface area contributed by atoms with Gasteiger partial charge >= 0.3 is 11.9 Å². The van der Waals surface area contributed by atoms with Crippen LogP contribution >= 0.6 is 27.3 Å². The maximum absolute atomic E-state index is 14.6. The molecule has 1 aromatic carbocycles. The second-order valence-corrected chi connectivity index (χ2v) is 13.9. The molecule has 1 saturated heterocycles. The van der Waals surface area contributed by atoms with Gasteiger partial charge in [0.15, 0.2) is 22.5 Å². The molecular formula is C26H27BrF2N4O6S2. The minimum absolute atomic E-state index is 0.0692. The Morgan fingerprint density at radius 2 is 1.95 bits per heavy atom. The Balaban J connectivity index is 1.49. The fourth-order valence-corrected chi connectivity index (χ4v) is 8.59. The number of nitrogens with one attached hydrogen (secondary N) is 1. The molecule has 41 heavy (non-hydrogen) atoms. The quantitative estimate of drug-likeness (QED) is 0.317. The molecule has 2 fully saturated rings. The average molecular weight is 674 g/mol. The van der Waals surface area contributed by atoms with E-state index in [1.807, 2.05) is 0 Å². The molecule has 0 amide bonds. The first-order valence-corrected chi connectivity index (χ1v) is 16.2. The van der Waals surface area contributed by atoms with E-state index in [1.165, 1.54) is 21.7 Å². The Kier molecular flexibility index (Phi) is 8.60. The maximum atomic E-state index is 14.6. The lowest BCUT2D eigenvalue weighted by atomic mass is 9.85. The number of piperidine rings is 1. The third kappa shape index (κ3) is 5.68. The Hall–Kier alpha value is -2.75. The number of esters is 1. The Morgan fingerprint density at radius 1 is 1.24 bits per heavy atom. The predicted octanol–water partition coefficient (Wildman–Crippen LogP) is 4.00. The van der Waals surface area contributed by atoms with Gasteiger partial charge < -0.3 is 15.2 Å². The van der Waals surface area contributed by atoms with E-state index >= 15 is 0 Å². The van der Waals surface area contributed by atoms with Crippen molar-refractivity contribution in [2.75, 3.05) is 19.7 Å². The summed E-state index contributed by atoms with van der Waals surface area (Å²) in [5, 5.41) is 13.9. The van der Waals surface area contributed by atoms with Crippen LogP contribution in [0.5, 0.6) is 0 Å². The molecule has 1 aromatic heterocycles. The molecule has 15 heteroatoms. The number of benzene rings is 1. The molecule has 0 radical (unpaired) electrons. The molecule has 1 aliphatic carbocycles. The van der Waals surface area contributed by atoms with Gasteiger partial charge in [-0.3, -0.25) is 9.79 Å². The molecule has 0 unspecified atom stereocenters. The number of allylic oxidation sites excluding steroid dienone is 1. The number of carbonyl (C=O) groups excluding carboxylic acids is 1. The van der Waals surface area contributed by atoms with E-state index in [0.29, 0.717) is 29.4 Å². The van der Waals surface area contributed by atoms with Crippen LogP contribution in [0.2, 0.25) is 0 Å². The van der Waals surface area contributed by atoms with Crippen molar-refractivity contribution in [3.63, 3.8) is 0 Å². The maximum Gasteiger partial charge on any atom is 0.338 e. The van der Waals surface area contributed by atoms with E-state index in [9.17, 15) is 26.8 Å². The highest BCUT2D eigenvalue weighted by Gasteiger charge is 2.46. The lowest BCUT2D eigenvalue weighted by molar-refractivity contribution is -0.144. The molecule has 2 aliphatic heterocycles. The first kappa shape index (κ1) is 29.7. The molecular weight excluding hydrogens is 646 g/mol. The lowest BCUT2D eigenvalue weighted by Gasteiger charge is -2.40. The van der Waals surface area contributed by atoms with Crippen molar-refractivity contribution in [1.82, 2.24) is 14.6 Å². The van der Waals surface area contributed by atoms with Crippen molar-refractivity contribution in [2.24, 2.45) is 16.8 Å². The van der Waals surface area contributed by atoms with Crippen molar-refractivity contribution in [1.29, 1.82) is 0 Å². The number of sulfonamides is 1. The van der Waals surface area contributed by atoms with E-state index in [2.05, 4.69) is 26.2 Å². The number of hydrogen-bond donors (Lipinski definition) is 2. The Morgan fingerprint density at radius 3 is 2.56 bits per heavy atom. The van der Waals surface area contributed by atoms with Crippen LogP contribution < -0.4 is 5.32 Å². The minimum Gasteiger partial charge on any atom is -0.481 e. The van der Waals surface area contributed by atoms with Crippen molar-refractivity contribution in [2.45, 2.75) is 43.9 Å². The van der Waals surface area contributed by atoms with Gasteiger partial charge in [0, 0.05) is 36.3 Å². The van der Waals surface area contributed by atoms with Gasteiger partial charge in [-0.15, -0.1) is 11.3 Å². The van der Waals surface area contributed by atoms with Crippen LogP contribution in [0.3, 0.4) is 0 Å². The molecule has 1 atom stereocenters. The molecule has 0 bridgehead atoms. The third-order valence-corrected chi connectivity index (χ3v) is 11.6. The molecule has 2 N–H and O–H groups in total. The van der Waals surface area contributed by atoms with Crippen LogP contribution in [0.4, 0.5) is 8.78 Å². The van der Waals surface area contributed by atoms with Gasteiger partial charge in [-0.1, -0.05) is 6.07 Å². The molecule has 220 valence electrons. The predicted molar refractivity (Wildman–Crippen MR) is 150 cm³/mol. The van der Waals surface area contributed by atoms with Crippen LogP contribution in [-0.4, -0.2) is 65.5 Å². The number of ether oxygens (including phenoxy) is 1. The molecule has 10 nitrogen and oxygen atoms in total. The number of halogens is 3. The fraction of sp³-hybridized carbons (Fsp3) is 0.462. The van der Waals surface area contributed by atoms with Gasteiger partial charge in [-0.25, -0.2) is 31.3 Å². The number of amidine groups is 1. The van der Waals surface area contributed by atoms with Crippen LogP contribution in [0.15, 0.2) is 44.4 Å². The van der Waals surface area contributed by atoms with Crippen LogP contribution in [-0.2, 0) is 24.3 Å². The highest BCUT2D eigenvalue weighted by Crippen LogP contribution is 2.42. The topological polar surface area (TPSA) is 138 Å². The molecule has 5 rings (SSSR count). The van der Waals surface area contributed by atoms with Gasteiger partial charge in [0.1, 0.15) is 6.04 Å². The number of hydrogen-bond acceptors (Lipinski definition) is 9. The molecule has 1 saturated carbocycles. The summed E-state index contributed by atoms with van der Waals surface area (Å²) < 4.78 is 61.5. The largest absolute Gasteiger partial charge is 0.481 e. The van der Waals surface area contributed by atoms with E-state index in [0.717, 1.165) is 6.07 Å². The molecule has 3 heterocycles. The standard InChI is InChI=1S/C26H27BrF2N4O6S2/c1-2-39-26(36)18-21(13-5-8-33(9-6-13)41(37,38)15-11-14(12-15)25(34)35)31-23(24-30-7-10-40-24)32-22(18)16-3-4-17(28)20(29)19(16)27/h3-4,7,10,13-15,22H,2,5-6,8-9,11-12H2,1H3,(H,31,32)(H,34,35)/t14?,15?,22-/m0/s1. The van der Waals surface area contributed by atoms with E-state index < -0.39 is 50.8 Å². The zero-order chi connectivity index (χ0) is 29.5.